The van der Waals surface area contributed by atoms with Crippen LogP contribution < -0.4 is 16.0 Å². The molecule has 232 valence electrons. The number of halogens is 3. The van der Waals surface area contributed by atoms with E-state index in [0.29, 0.717) is 44.1 Å². The van der Waals surface area contributed by atoms with Crippen LogP contribution >= 0.6 is 11.8 Å². The molecular formula is C29H36F3N7O3S. The van der Waals surface area contributed by atoms with Crippen molar-refractivity contribution < 1.29 is 27.6 Å². The summed E-state index contributed by atoms with van der Waals surface area (Å²) in [6.45, 7) is 2.02. The summed E-state index contributed by atoms with van der Waals surface area (Å²) in [5.74, 6) is -1.53. The number of pyridine rings is 1. The maximum absolute atomic E-state index is 13.0. The van der Waals surface area contributed by atoms with Gasteiger partial charge in [0.25, 0.3) is 0 Å². The Labute approximate surface area is 253 Å². The van der Waals surface area contributed by atoms with Crippen LogP contribution in [0.15, 0.2) is 48.5 Å². The molecule has 3 unspecified atom stereocenters. The lowest BCUT2D eigenvalue weighted by atomic mass is 10.0. The Bertz CT molecular complexity index is 1280. The molecule has 3 rings (SSSR count). The van der Waals surface area contributed by atoms with Crippen molar-refractivity contribution in [1.82, 2.24) is 20.1 Å². The fourth-order valence-electron chi connectivity index (χ4n) is 4.61. The molecule has 3 atom stereocenters. The van der Waals surface area contributed by atoms with Crippen molar-refractivity contribution in [3.63, 3.8) is 0 Å². The van der Waals surface area contributed by atoms with Crippen molar-refractivity contribution >= 4 is 41.1 Å². The number of likely N-dealkylation sites (N-methyl/N-ethyl adjacent to an activating group) is 1. The maximum Gasteiger partial charge on any atom is 0.405 e. The number of hydrogen-bond acceptors (Lipinski definition) is 8. The zero-order chi connectivity index (χ0) is 31.4. The topological polar surface area (TPSA) is 130 Å². The summed E-state index contributed by atoms with van der Waals surface area (Å²) in [4.78, 5) is 45.5. The van der Waals surface area contributed by atoms with E-state index in [0.717, 1.165) is 5.56 Å². The number of carbonyl (C=O) groups excluding carboxylic acids is 3. The second-order valence-corrected chi connectivity index (χ2v) is 11.5. The van der Waals surface area contributed by atoms with Gasteiger partial charge in [-0.1, -0.05) is 36.4 Å². The van der Waals surface area contributed by atoms with Gasteiger partial charge in [0.15, 0.2) is 0 Å². The van der Waals surface area contributed by atoms with E-state index >= 15 is 0 Å². The van der Waals surface area contributed by atoms with Gasteiger partial charge in [0, 0.05) is 19.6 Å². The number of alkyl halides is 3. The summed E-state index contributed by atoms with van der Waals surface area (Å²) in [6.07, 6.45) is -3.74. The average Bonchev–Trinajstić information content (AvgIpc) is 3.26. The van der Waals surface area contributed by atoms with Crippen molar-refractivity contribution in [3.05, 3.63) is 54.1 Å². The Morgan fingerprint density at radius 2 is 1.86 bits per heavy atom. The molecule has 1 aromatic carbocycles. The number of amides is 3. The number of thioether (sulfide) groups is 1. The van der Waals surface area contributed by atoms with Gasteiger partial charge < -0.3 is 20.9 Å². The Hall–Kier alpha value is -3.83. The normalized spacial score (nSPS) is 17.4. The monoisotopic (exact) mass is 619 g/mol. The molecular weight excluding hydrogens is 583 g/mol. The third-order valence-corrected chi connectivity index (χ3v) is 8.21. The fourth-order valence-corrected chi connectivity index (χ4v) is 6.17. The summed E-state index contributed by atoms with van der Waals surface area (Å²) in [7, 11) is 1.86. The minimum Gasteiger partial charge on any atom is -0.370 e. The molecule has 1 aliphatic heterocycles. The Morgan fingerprint density at radius 3 is 2.53 bits per heavy atom. The molecule has 14 heteroatoms. The van der Waals surface area contributed by atoms with Crippen LogP contribution in [0.25, 0.3) is 0 Å². The number of carbonyl (C=O) groups is 3. The molecule has 2 aromatic rings. The summed E-state index contributed by atoms with van der Waals surface area (Å²) < 4.78 is 37.2. The van der Waals surface area contributed by atoms with E-state index in [2.05, 4.69) is 15.6 Å². The first-order valence-electron chi connectivity index (χ1n) is 13.9. The minimum absolute atomic E-state index is 0.0388. The quantitative estimate of drug-likeness (QED) is 0.274. The number of nitrogens with zero attached hydrogens (tertiary/aromatic N) is 4. The molecule has 0 spiro atoms. The number of hydrogen-bond donors (Lipinski definition) is 3. The van der Waals surface area contributed by atoms with E-state index in [1.165, 1.54) is 11.8 Å². The first kappa shape index (κ1) is 33.7. The zero-order valence-corrected chi connectivity index (χ0v) is 24.9. The maximum atomic E-state index is 13.0. The smallest absolute Gasteiger partial charge is 0.370 e. The Balaban J connectivity index is 1.45. The second kappa shape index (κ2) is 16.1. The van der Waals surface area contributed by atoms with Crippen LogP contribution in [0.1, 0.15) is 31.7 Å². The fraction of sp³-hybridized carbons (Fsp3) is 0.483. The average molecular weight is 620 g/mol. The predicted molar refractivity (Wildman–Crippen MR) is 159 cm³/mol. The lowest BCUT2D eigenvalue weighted by molar-refractivity contribution is -0.140. The molecule has 1 saturated heterocycles. The van der Waals surface area contributed by atoms with Gasteiger partial charge in [-0.05, 0) is 50.9 Å². The van der Waals surface area contributed by atoms with Crippen molar-refractivity contribution in [2.24, 2.45) is 5.92 Å². The third kappa shape index (κ3) is 11.1. The van der Waals surface area contributed by atoms with Gasteiger partial charge >= 0.3 is 6.18 Å². The molecule has 3 N–H and O–H groups in total. The summed E-state index contributed by atoms with van der Waals surface area (Å²) in [6, 6.07) is 16.8. The van der Waals surface area contributed by atoms with Crippen molar-refractivity contribution in [1.29, 1.82) is 5.26 Å². The molecule has 0 radical (unpaired) electrons. The number of nitriles is 1. The highest BCUT2D eigenvalue weighted by atomic mass is 32.2. The van der Waals surface area contributed by atoms with Crippen LogP contribution in [0.3, 0.4) is 0 Å². The molecule has 0 saturated carbocycles. The first-order valence-corrected chi connectivity index (χ1v) is 14.9. The minimum atomic E-state index is -4.56. The zero-order valence-electron chi connectivity index (χ0n) is 24.1. The van der Waals surface area contributed by atoms with Gasteiger partial charge in [-0.3, -0.25) is 19.3 Å². The van der Waals surface area contributed by atoms with Gasteiger partial charge in [-0.15, -0.1) is 11.8 Å². The largest absolute Gasteiger partial charge is 0.405 e. The third-order valence-electron chi connectivity index (χ3n) is 6.64. The van der Waals surface area contributed by atoms with Gasteiger partial charge in [-0.25, -0.2) is 4.98 Å². The van der Waals surface area contributed by atoms with E-state index in [9.17, 15) is 32.8 Å². The number of aromatic nitrogens is 1. The van der Waals surface area contributed by atoms with Crippen LogP contribution in [0, 0.1) is 17.2 Å². The van der Waals surface area contributed by atoms with E-state index in [4.69, 9.17) is 0 Å². The van der Waals surface area contributed by atoms with E-state index in [1.54, 1.807) is 34.5 Å². The standard InChI is InChI=1S/C29H36F3N7O3S/c1-3-39-26(13-12-21(16-33)27(41)35-19-29(30,31)32)43-22(28(39)42)14-15-34-23-10-7-11-24(36-23)37-25(40)18-38(2)17-20-8-5-4-6-9-20/h4-11,21-22,26H,3,12-15,17-19H2,1-2H3,(H,35,41)(H2,34,36,37,40). The molecule has 0 aliphatic carbocycles. The number of benzene rings is 1. The first-order chi connectivity index (χ1) is 20.5. The number of nitrogens with one attached hydrogen (secondary N) is 3. The van der Waals surface area contributed by atoms with Crippen LogP contribution in [0.5, 0.6) is 0 Å². The second-order valence-electron chi connectivity index (χ2n) is 10.1. The predicted octanol–water partition coefficient (Wildman–Crippen LogP) is 3.84. The van der Waals surface area contributed by atoms with Crippen LogP contribution in [0.4, 0.5) is 24.8 Å². The highest BCUT2D eigenvalue weighted by Crippen LogP contribution is 2.36. The molecule has 0 bridgehead atoms. The Morgan fingerprint density at radius 1 is 1.14 bits per heavy atom. The highest BCUT2D eigenvalue weighted by Gasteiger charge is 2.39. The van der Waals surface area contributed by atoms with Crippen LogP contribution in [-0.2, 0) is 20.9 Å². The summed E-state index contributed by atoms with van der Waals surface area (Å²) >= 11 is 1.42. The van der Waals surface area contributed by atoms with Gasteiger partial charge in [0.1, 0.15) is 24.1 Å². The van der Waals surface area contributed by atoms with Crippen molar-refractivity contribution in [2.45, 2.75) is 49.5 Å². The molecule has 1 aromatic heterocycles. The van der Waals surface area contributed by atoms with Crippen LogP contribution in [-0.4, -0.2) is 82.5 Å². The molecule has 2 heterocycles. The lowest BCUT2D eigenvalue weighted by Gasteiger charge is -2.22. The van der Waals surface area contributed by atoms with E-state index in [-0.39, 0.29) is 35.4 Å². The van der Waals surface area contributed by atoms with Crippen molar-refractivity contribution in [3.8, 4) is 6.07 Å². The molecule has 3 amide bonds. The number of rotatable bonds is 15. The van der Waals surface area contributed by atoms with Gasteiger partial charge in [0.2, 0.25) is 17.7 Å². The van der Waals surface area contributed by atoms with Crippen molar-refractivity contribution in [2.75, 3.05) is 43.9 Å². The molecule has 1 fully saturated rings. The van der Waals surface area contributed by atoms with E-state index in [1.807, 2.05) is 49.2 Å². The number of anilines is 2. The summed E-state index contributed by atoms with van der Waals surface area (Å²) in [5, 5.41) is 16.4. The van der Waals surface area contributed by atoms with Crippen LogP contribution in [0.2, 0.25) is 0 Å². The SMILES string of the molecule is CCN1C(=O)C(CCNc2cccc(NC(=O)CN(C)Cc3ccccc3)n2)SC1CCC(C#N)C(=O)NCC(F)(F)F. The summed E-state index contributed by atoms with van der Waals surface area (Å²) in [5.41, 5.74) is 1.10. The lowest BCUT2D eigenvalue weighted by Crippen LogP contribution is -2.38. The van der Waals surface area contributed by atoms with Gasteiger partial charge in [-0.2, -0.15) is 18.4 Å². The van der Waals surface area contributed by atoms with E-state index < -0.39 is 24.5 Å². The highest BCUT2D eigenvalue weighted by molar-refractivity contribution is 8.01. The molecule has 10 nitrogen and oxygen atoms in total. The Kier molecular flexibility index (Phi) is 12.6. The molecule has 1 aliphatic rings. The molecule has 43 heavy (non-hydrogen) atoms. The van der Waals surface area contributed by atoms with Gasteiger partial charge in [0.05, 0.1) is 23.2 Å².